The molecule has 2 heterocycles. The maximum atomic E-state index is 12.7. The number of rotatable bonds is 5. The first kappa shape index (κ1) is 21.7. The number of hydrogen-bond acceptors (Lipinski definition) is 6. The van der Waals surface area contributed by atoms with Crippen LogP contribution in [0.3, 0.4) is 0 Å². The fraction of sp³-hybridized carbons (Fsp3) is 0.625. The minimum atomic E-state index is -3.86. The van der Waals surface area contributed by atoms with E-state index < -0.39 is 15.9 Å². The van der Waals surface area contributed by atoms with Crippen molar-refractivity contribution in [2.24, 2.45) is 23.3 Å². The first-order valence-electron chi connectivity index (χ1n) is 8.73. The molecule has 2 atom stereocenters. The second-order valence-electron chi connectivity index (χ2n) is 6.75. The predicted molar refractivity (Wildman–Crippen MR) is 99.7 cm³/mol. The van der Waals surface area contributed by atoms with Crippen LogP contribution in [0.5, 0.6) is 0 Å². The Kier molecular flexibility index (Phi) is 6.90. The number of halogens is 1. The average molecular weight is 421 g/mol. The second kappa shape index (κ2) is 8.59. The molecule has 1 aromatic rings. The van der Waals surface area contributed by atoms with Crippen LogP contribution >= 0.6 is 12.4 Å². The van der Waals surface area contributed by atoms with Crippen molar-refractivity contribution in [3.05, 3.63) is 17.9 Å². The Hall–Kier alpha value is -1.62. The van der Waals surface area contributed by atoms with Gasteiger partial charge in [-0.05, 0) is 37.4 Å². The average Bonchev–Trinajstić information content (AvgIpc) is 3.30. The summed E-state index contributed by atoms with van der Waals surface area (Å²) in [6.45, 7) is 1.53. The Morgan fingerprint density at radius 1 is 1.15 bits per heavy atom. The summed E-state index contributed by atoms with van der Waals surface area (Å²) in [6.07, 6.45) is 2.83. The number of nitrogens with zero attached hydrogens (tertiary/aromatic N) is 2. The van der Waals surface area contributed by atoms with Gasteiger partial charge < -0.3 is 20.8 Å². The Balaban J connectivity index is 0.00000261. The van der Waals surface area contributed by atoms with Gasteiger partial charge in [0.2, 0.25) is 11.0 Å². The van der Waals surface area contributed by atoms with E-state index in [2.05, 4.69) is 0 Å². The molecule has 0 unspecified atom stereocenters. The van der Waals surface area contributed by atoms with Gasteiger partial charge in [0.1, 0.15) is 0 Å². The van der Waals surface area contributed by atoms with Crippen LogP contribution in [0.4, 0.5) is 0 Å². The number of nitrogens with two attached hydrogens (primary N) is 2. The molecular formula is C16H25ClN4O5S. The minimum Gasteiger partial charge on any atom is -0.438 e. The zero-order valence-corrected chi connectivity index (χ0v) is 16.5. The van der Waals surface area contributed by atoms with E-state index in [1.165, 1.54) is 16.4 Å². The van der Waals surface area contributed by atoms with Gasteiger partial charge in [0.15, 0.2) is 5.76 Å². The van der Waals surface area contributed by atoms with Gasteiger partial charge in [0, 0.05) is 32.1 Å². The third kappa shape index (κ3) is 4.29. The molecule has 1 aliphatic carbocycles. The first-order chi connectivity index (χ1) is 12.3. The molecule has 152 valence electrons. The van der Waals surface area contributed by atoms with Gasteiger partial charge >= 0.3 is 0 Å². The second-order valence-corrected chi connectivity index (χ2v) is 8.61. The highest BCUT2D eigenvalue weighted by Gasteiger charge is 2.38. The van der Waals surface area contributed by atoms with Crippen molar-refractivity contribution >= 4 is 34.2 Å². The van der Waals surface area contributed by atoms with Crippen LogP contribution in [-0.2, 0) is 14.8 Å². The zero-order valence-electron chi connectivity index (χ0n) is 14.9. The van der Waals surface area contributed by atoms with E-state index in [1.807, 2.05) is 0 Å². The van der Waals surface area contributed by atoms with E-state index in [0.717, 1.165) is 19.3 Å². The monoisotopic (exact) mass is 420 g/mol. The summed E-state index contributed by atoms with van der Waals surface area (Å²) >= 11 is 0. The summed E-state index contributed by atoms with van der Waals surface area (Å²) in [6, 6.07) is 2.46. The number of piperazine rings is 1. The highest BCUT2D eigenvalue weighted by Crippen LogP contribution is 2.32. The summed E-state index contributed by atoms with van der Waals surface area (Å²) in [5.74, 6) is -0.783. The molecular weight excluding hydrogens is 396 g/mol. The largest absolute Gasteiger partial charge is 0.438 e. The molecule has 1 aromatic heterocycles. The van der Waals surface area contributed by atoms with Crippen molar-refractivity contribution in [2.75, 3.05) is 32.7 Å². The van der Waals surface area contributed by atoms with Gasteiger partial charge in [-0.1, -0.05) is 6.42 Å². The lowest BCUT2D eigenvalue weighted by molar-refractivity contribution is -0.137. The van der Waals surface area contributed by atoms with Gasteiger partial charge in [-0.15, -0.1) is 12.4 Å². The molecule has 0 radical (unpaired) electrons. The fourth-order valence-electron chi connectivity index (χ4n) is 3.75. The molecule has 9 nitrogen and oxygen atoms in total. The Morgan fingerprint density at radius 3 is 2.37 bits per heavy atom. The Morgan fingerprint density at radius 2 is 1.81 bits per heavy atom. The SMILES string of the molecule is Cl.NC[C@H]1CCC[C@H]1C(=O)N1CCN(S(=O)(=O)c2ccc(C(N)=O)o2)CC1. The summed E-state index contributed by atoms with van der Waals surface area (Å²) in [4.78, 5) is 25.5. The van der Waals surface area contributed by atoms with E-state index >= 15 is 0 Å². The zero-order chi connectivity index (χ0) is 18.9. The van der Waals surface area contributed by atoms with E-state index in [-0.39, 0.29) is 54.1 Å². The molecule has 4 N–H and O–H groups in total. The first-order valence-corrected chi connectivity index (χ1v) is 10.2. The Labute approximate surface area is 164 Å². The highest BCUT2D eigenvalue weighted by atomic mass is 35.5. The number of furan rings is 1. The van der Waals surface area contributed by atoms with Gasteiger partial charge in [0.25, 0.3) is 15.9 Å². The van der Waals surface area contributed by atoms with Crippen molar-refractivity contribution in [2.45, 2.75) is 24.4 Å². The van der Waals surface area contributed by atoms with Crippen LogP contribution in [0.15, 0.2) is 21.6 Å². The van der Waals surface area contributed by atoms with Gasteiger partial charge in [-0.3, -0.25) is 9.59 Å². The number of carbonyl (C=O) groups excluding carboxylic acids is 2. The van der Waals surface area contributed by atoms with E-state index in [9.17, 15) is 18.0 Å². The summed E-state index contributed by atoms with van der Waals surface area (Å²) in [7, 11) is -3.86. The molecule has 3 rings (SSSR count). The van der Waals surface area contributed by atoms with E-state index in [1.54, 1.807) is 4.90 Å². The van der Waals surface area contributed by atoms with E-state index in [0.29, 0.717) is 19.6 Å². The van der Waals surface area contributed by atoms with Crippen molar-refractivity contribution in [3.8, 4) is 0 Å². The molecule has 0 bridgehead atoms. The van der Waals surface area contributed by atoms with Crippen LogP contribution in [0.2, 0.25) is 0 Å². The predicted octanol–water partition coefficient (Wildman–Crippen LogP) is 0.00820. The number of primary amides is 1. The lowest BCUT2D eigenvalue weighted by Gasteiger charge is -2.35. The number of carbonyl (C=O) groups is 2. The van der Waals surface area contributed by atoms with Crippen LogP contribution in [0.25, 0.3) is 0 Å². The van der Waals surface area contributed by atoms with Crippen LogP contribution in [-0.4, -0.2) is 62.2 Å². The summed E-state index contributed by atoms with van der Waals surface area (Å²) in [5.41, 5.74) is 10.8. The molecule has 1 aliphatic heterocycles. The topological polar surface area (TPSA) is 140 Å². The molecule has 2 aliphatic rings. The number of amides is 2. The lowest BCUT2D eigenvalue weighted by atomic mass is 9.94. The maximum Gasteiger partial charge on any atom is 0.284 e. The van der Waals surface area contributed by atoms with Gasteiger partial charge in [-0.25, -0.2) is 8.42 Å². The van der Waals surface area contributed by atoms with E-state index in [4.69, 9.17) is 15.9 Å². The minimum absolute atomic E-state index is 0. The van der Waals surface area contributed by atoms with Crippen molar-refractivity contribution in [3.63, 3.8) is 0 Å². The smallest absolute Gasteiger partial charge is 0.284 e. The molecule has 2 amide bonds. The van der Waals surface area contributed by atoms with Crippen LogP contribution in [0.1, 0.15) is 29.8 Å². The number of sulfonamides is 1. The van der Waals surface area contributed by atoms with Crippen molar-refractivity contribution in [1.82, 2.24) is 9.21 Å². The fourth-order valence-corrected chi connectivity index (χ4v) is 5.08. The molecule has 11 heteroatoms. The molecule has 1 saturated carbocycles. The lowest BCUT2D eigenvalue weighted by Crippen LogP contribution is -2.52. The third-order valence-corrected chi connectivity index (χ3v) is 7.02. The molecule has 2 fully saturated rings. The molecule has 0 spiro atoms. The standard InChI is InChI=1S/C16H24N4O5S.ClH/c17-10-11-2-1-3-12(11)16(22)19-6-8-20(9-7-19)26(23,24)14-5-4-13(25-14)15(18)21;/h4-5,11-12H,1-3,6-10,17H2,(H2,18,21);1H/t11-,12-;/m1./s1. The normalized spacial score (nSPS) is 23.8. The molecule has 1 saturated heterocycles. The van der Waals surface area contributed by atoms with Crippen LogP contribution in [0, 0.1) is 11.8 Å². The quantitative estimate of drug-likeness (QED) is 0.687. The summed E-state index contributed by atoms with van der Waals surface area (Å²) in [5, 5.41) is -0.315. The maximum absolute atomic E-state index is 12.7. The van der Waals surface area contributed by atoms with Crippen LogP contribution < -0.4 is 11.5 Å². The molecule has 0 aromatic carbocycles. The Bertz CT molecular complexity index is 788. The third-order valence-electron chi connectivity index (χ3n) is 5.25. The molecule has 27 heavy (non-hydrogen) atoms. The van der Waals surface area contributed by atoms with Gasteiger partial charge in [-0.2, -0.15) is 4.31 Å². The highest BCUT2D eigenvalue weighted by molar-refractivity contribution is 7.89. The number of hydrogen-bond donors (Lipinski definition) is 2. The van der Waals surface area contributed by atoms with Gasteiger partial charge in [0.05, 0.1) is 0 Å². The summed E-state index contributed by atoms with van der Waals surface area (Å²) < 4.78 is 31.5. The van der Waals surface area contributed by atoms with Crippen molar-refractivity contribution in [1.29, 1.82) is 0 Å². The van der Waals surface area contributed by atoms with Crippen molar-refractivity contribution < 1.29 is 22.4 Å².